The predicted molar refractivity (Wildman–Crippen MR) is 116 cm³/mol. The maximum atomic E-state index is 13.4. The Hall–Kier alpha value is -3.39. The third kappa shape index (κ3) is 4.13. The number of hydrogen-bond donors (Lipinski definition) is 2. The van der Waals surface area contributed by atoms with Crippen LogP contribution in [0.15, 0.2) is 60.0 Å². The number of rotatable bonds is 6. The summed E-state index contributed by atoms with van der Waals surface area (Å²) in [4.78, 5) is 24.3. The van der Waals surface area contributed by atoms with Crippen LogP contribution in [0.25, 0.3) is 22.2 Å². The van der Waals surface area contributed by atoms with Gasteiger partial charge in [-0.2, -0.15) is 0 Å². The van der Waals surface area contributed by atoms with Gasteiger partial charge in [0.05, 0.1) is 18.4 Å². The lowest BCUT2D eigenvalue weighted by Crippen LogP contribution is -2.15. The molecule has 0 fully saturated rings. The fraction of sp³-hybridized carbons (Fsp3) is 0.136. The van der Waals surface area contributed by atoms with Crippen molar-refractivity contribution in [1.82, 2.24) is 15.0 Å². The molecule has 6 nitrogen and oxygen atoms in total. The Kier molecular flexibility index (Phi) is 5.67. The molecular formula is C22H19FN4O2S. The lowest BCUT2D eigenvalue weighted by atomic mass is 10.1. The van der Waals surface area contributed by atoms with E-state index in [1.54, 1.807) is 13.2 Å². The minimum absolute atomic E-state index is 0.138. The van der Waals surface area contributed by atoms with Gasteiger partial charge >= 0.3 is 0 Å². The zero-order valence-corrected chi connectivity index (χ0v) is 17.2. The summed E-state index contributed by atoms with van der Waals surface area (Å²) in [6.07, 6.45) is 3.36. The number of amides is 1. The van der Waals surface area contributed by atoms with Gasteiger partial charge in [-0.15, -0.1) is 0 Å². The third-order valence-corrected chi connectivity index (χ3v) is 5.63. The number of ether oxygens (including phenoxy) is 1. The van der Waals surface area contributed by atoms with Crippen LogP contribution in [0.5, 0.6) is 5.75 Å². The number of hydrogen-bond acceptors (Lipinski definition) is 5. The van der Waals surface area contributed by atoms with E-state index in [-0.39, 0.29) is 11.7 Å². The average molecular weight is 422 g/mol. The minimum Gasteiger partial charge on any atom is -0.497 e. The number of thioether (sulfide) groups is 1. The molecule has 8 heteroatoms. The van der Waals surface area contributed by atoms with Crippen LogP contribution in [0.3, 0.4) is 0 Å². The minimum atomic E-state index is -0.390. The van der Waals surface area contributed by atoms with Gasteiger partial charge in [-0.1, -0.05) is 30.0 Å². The summed E-state index contributed by atoms with van der Waals surface area (Å²) in [7, 11) is 1.63. The monoisotopic (exact) mass is 422 g/mol. The second kappa shape index (κ2) is 8.54. The average Bonchev–Trinajstić information content (AvgIpc) is 3.19. The molecule has 0 unspecified atom stereocenters. The van der Waals surface area contributed by atoms with Gasteiger partial charge in [0.2, 0.25) is 5.91 Å². The molecule has 4 rings (SSSR count). The van der Waals surface area contributed by atoms with Crippen molar-refractivity contribution < 1.29 is 13.9 Å². The molecule has 30 heavy (non-hydrogen) atoms. The Bertz CT molecular complexity index is 1210. The highest BCUT2D eigenvalue weighted by molar-refractivity contribution is 8.00. The van der Waals surface area contributed by atoms with Crippen molar-refractivity contribution in [2.24, 2.45) is 0 Å². The molecule has 0 aliphatic heterocycles. The van der Waals surface area contributed by atoms with Gasteiger partial charge in [-0.25, -0.2) is 14.4 Å². The number of benzene rings is 2. The third-order valence-electron chi connectivity index (χ3n) is 4.64. The number of carbonyl (C=O) groups is 1. The zero-order chi connectivity index (χ0) is 21.1. The lowest BCUT2D eigenvalue weighted by Gasteiger charge is -2.08. The fourth-order valence-corrected chi connectivity index (χ4v) is 3.83. The first-order valence-corrected chi connectivity index (χ1v) is 10.2. The number of nitrogens with zero attached hydrogens (tertiary/aromatic N) is 2. The number of aromatic amines is 1. The summed E-state index contributed by atoms with van der Waals surface area (Å²) in [5, 5.41) is 3.42. The molecule has 0 saturated carbocycles. The van der Waals surface area contributed by atoms with Crippen molar-refractivity contribution in [1.29, 1.82) is 0 Å². The van der Waals surface area contributed by atoms with E-state index in [2.05, 4.69) is 20.3 Å². The van der Waals surface area contributed by atoms with Crippen LogP contribution in [0, 0.1) is 12.7 Å². The molecule has 0 saturated heterocycles. The van der Waals surface area contributed by atoms with E-state index in [0.717, 1.165) is 33.5 Å². The highest BCUT2D eigenvalue weighted by Gasteiger charge is 2.14. The summed E-state index contributed by atoms with van der Waals surface area (Å²) in [6.45, 7) is 1.82. The Morgan fingerprint density at radius 2 is 2.00 bits per heavy atom. The van der Waals surface area contributed by atoms with Gasteiger partial charge < -0.3 is 15.0 Å². The summed E-state index contributed by atoms with van der Waals surface area (Å²) in [5.41, 5.74) is 4.75. The number of aryl methyl sites for hydroxylation is 1. The highest BCUT2D eigenvalue weighted by Crippen LogP contribution is 2.32. The Labute approximate surface area is 176 Å². The number of aromatic nitrogens is 3. The number of carbonyl (C=O) groups excluding carboxylic acids is 1. The van der Waals surface area contributed by atoms with Crippen molar-refractivity contribution in [3.63, 3.8) is 0 Å². The van der Waals surface area contributed by atoms with Crippen LogP contribution in [0.1, 0.15) is 5.56 Å². The molecular weight excluding hydrogens is 403 g/mol. The van der Waals surface area contributed by atoms with Crippen LogP contribution in [0.2, 0.25) is 0 Å². The van der Waals surface area contributed by atoms with E-state index in [1.165, 1.54) is 30.2 Å². The highest BCUT2D eigenvalue weighted by atomic mass is 32.2. The first-order chi connectivity index (χ1) is 14.5. The second-order valence-corrected chi connectivity index (χ2v) is 7.59. The van der Waals surface area contributed by atoms with Crippen LogP contribution in [0.4, 0.5) is 10.1 Å². The quantitative estimate of drug-likeness (QED) is 0.344. The Balaban J connectivity index is 1.51. The van der Waals surface area contributed by atoms with Crippen LogP contribution >= 0.6 is 11.8 Å². The smallest absolute Gasteiger partial charge is 0.234 e. The van der Waals surface area contributed by atoms with E-state index in [0.29, 0.717) is 10.7 Å². The number of fused-ring (bicyclic) bond motifs is 1. The van der Waals surface area contributed by atoms with Gasteiger partial charge in [-0.05, 0) is 42.3 Å². The van der Waals surface area contributed by atoms with E-state index in [1.807, 2.05) is 37.4 Å². The Morgan fingerprint density at radius 1 is 1.20 bits per heavy atom. The van der Waals surface area contributed by atoms with Gasteiger partial charge in [0, 0.05) is 17.4 Å². The first kappa shape index (κ1) is 19.9. The van der Waals surface area contributed by atoms with Crippen molar-refractivity contribution >= 4 is 34.4 Å². The largest absolute Gasteiger partial charge is 0.497 e. The molecule has 2 aromatic carbocycles. The number of anilines is 1. The SMILES string of the molecule is COc1ccc(-c2c[nH]c3c(SCC(=O)Nc4cc(F)ccc4C)ncnc23)cc1. The van der Waals surface area contributed by atoms with Gasteiger partial charge in [-0.3, -0.25) is 4.79 Å². The molecule has 2 N–H and O–H groups in total. The molecule has 0 spiro atoms. The van der Waals surface area contributed by atoms with Gasteiger partial charge in [0.25, 0.3) is 0 Å². The van der Waals surface area contributed by atoms with Crippen LogP contribution in [-0.2, 0) is 4.79 Å². The molecule has 0 aliphatic carbocycles. The summed E-state index contributed by atoms with van der Waals surface area (Å²) in [5.74, 6) is 0.295. The van der Waals surface area contributed by atoms with Crippen molar-refractivity contribution in [3.05, 3.63) is 66.4 Å². The summed E-state index contributed by atoms with van der Waals surface area (Å²) < 4.78 is 18.6. The van der Waals surface area contributed by atoms with E-state index >= 15 is 0 Å². The van der Waals surface area contributed by atoms with Crippen molar-refractivity contribution in [2.45, 2.75) is 11.9 Å². The van der Waals surface area contributed by atoms with Crippen molar-refractivity contribution in [2.75, 3.05) is 18.2 Å². The van der Waals surface area contributed by atoms with Gasteiger partial charge in [0.1, 0.15) is 28.4 Å². The predicted octanol–water partition coefficient (Wildman–Crippen LogP) is 4.81. The molecule has 1 amide bonds. The number of halogens is 1. The molecule has 4 aromatic rings. The second-order valence-electron chi connectivity index (χ2n) is 6.63. The zero-order valence-electron chi connectivity index (χ0n) is 16.4. The summed E-state index contributed by atoms with van der Waals surface area (Å²) in [6, 6.07) is 12.0. The molecule has 2 aromatic heterocycles. The molecule has 0 bridgehead atoms. The number of H-pyrrole nitrogens is 1. The van der Waals surface area contributed by atoms with Crippen molar-refractivity contribution in [3.8, 4) is 16.9 Å². The van der Waals surface area contributed by atoms with E-state index < -0.39 is 5.82 Å². The summed E-state index contributed by atoms with van der Waals surface area (Å²) >= 11 is 1.29. The molecule has 2 heterocycles. The lowest BCUT2D eigenvalue weighted by molar-refractivity contribution is -0.113. The maximum absolute atomic E-state index is 13.4. The van der Waals surface area contributed by atoms with Gasteiger partial charge in [0.15, 0.2) is 0 Å². The normalized spacial score (nSPS) is 10.9. The maximum Gasteiger partial charge on any atom is 0.234 e. The standard InChI is InChI=1S/C22H19FN4O2S/c1-13-3-6-15(23)9-18(13)27-19(28)11-30-22-21-20(25-12-26-22)17(10-24-21)14-4-7-16(29-2)8-5-14/h3-10,12,24H,11H2,1-2H3,(H,27,28). The van der Waals surface area contributed by atoms with E-state index in [4.69, 9.17) is 4.74 Å². The van der Waals surface area contributed by atoms with E-state index in [9.17, 15) is 9.18 Å². The van der Waals surface area contributed by atoms with Crippen LogP contribution in [-0.4, -0.2) is 33.7 Å². The Morgan fingerprint density at radius 3 is 2.77 bits per heavy atom. The molecule has 152 valence electrons. The first-order valence-electron chi connectivity index (χ1n) is 9.20. The number of nitrogens with one attached hydrogen (secondary N) is 2. The molecule has 0 aliphatic rings. The molecule has 0 atom stereocenters. The fourth-order valence-electron chi connectivity index (χ4n) is 3.07. The molecule has 0 radical (unpaired) electrons. The topological polar surface area (TPSA) is 79.9 Å². The van der Waals surface area contributed by atoms with Crippen LogP contribution < -0.4 is 10.1 Å². The number of methoxy groups -OCH3 is 1.